The summed E-state index contributed by atoms with van der Waals surface area (Å²) in [4.78, 5) is 23.2. The van der Waals surface area contributed by atoms with Crippen LogP contribution in [0.4, 0.5) is 4.39 Å². The lowest BCUT2D eigenvalue weighted by Gasteiger charge is -2.31. The van der Waals surface area contributed by atoms with Crippen LogP contribution < -0.4 is 4.74 Å². The van der Waals surface area contributed by atoms with Crippen LogP contribution in [0.1, 0.15) is 40.2 Å². The molecule has 0 spiro atoms. The van der Waals surface area contributed by atoms with E-state index in [9.17, 15) is 9.18 Å². The maximum absolute atomic E-state index is 13.4. The zero-order chi connectivity index (χ0) is 20.5. The number of benzene rings is 2. The first-order valence-corrected chi connectivity index (χ1v) is 10.0. The Hall–Kier alpha value is -2.73. The molecule has 4 rings (SSSR count). The van der Waals surface area contributed by atoms with Crippen molar-refractivity contribution >= 4 is 16.8 Å². The van der Waals surface area contributed by atoms with E-state index in [0.717, 1.165) is 53.2 Å². The van der Waals surface area contributed by atoms with Gasteiger partial charge in [-0.15, -0.1) is 0 Å². The number of halogens is 1. The number of aryl methyl sites for hydroxylation is 2. The van der Waals surface area contributed by atoms with Crippen molar-refractivity contribution in [1.82, 2.24) is 14.9 Å². The fourth-order valence-electron chi connectivity index (χ4n) is 4.38. The third kappa shape index (κ3) is 4.03. The highest BCUT2D eigenvalue weighted by Crippen LogP contribution is 2.28. The number of carbonyl (C=O) groups excluding carboxylic acids is 1. The Morgan fingerprint density at radius 2 is 2.03 bits per heavy atom. The molecule has 1 unspecified atom stereocenters. The summed E-state index contributed by atoms with van der Waals surface area (Å²) in [6.07, 6.45) is 1.87. The van der Waals surface area contributed by atoms with Crippen LogP contribution in [0, 0.1) is 25.6 Å². The quantitative estimate of drug-likeness (QED) is 0.650. The van der Waals surface area contributed by atoms with Gasteiger partial charge in [0.15, 0.2) is 5.78 Å². The standard InChI is InChI=1S/C23H26FN3O2/c1-14-9-17(10-15(2)23(14)29-3)22(28)16-5-4-8-27(12-16)13-21-25-19-7-6-18(24)11-20(19)26-21/h6-7,9-11,16H,4-5,8,12-13H2,1-3H3,(H,25,26). The second-order valence-electron chi connectivity index (χ2n) is 7.93. The number of imidazole rings is 1. The summed E-state index contributed by atoms with van der Waals surface area (Å²) in [5.41, 5.74) is 4.19. The smallest absolute Gasteiger partial charge is 0.167 e. The summed E-state index contributed by atoms with van der Waals surface area (Å²) in [5, 5.41) is 0. The van der Waals surface area contributed by atoms with Crippen molar-refractivity contribution in [3.63, 3.8) is 0 Å². The lowest BCUT2D eigenvalue weighted by molar-refractivity contribution is 0.0808. The van der Waals surface area contributed by atoms with E-state index in [0.29, 0.717) is 18.6 Å². The first-order chi connectivity index (χ1) is 13.9. The highest BCUT2D eigenvalue weighted by atomic mass is 19.1. The molecule has 1 saturated heterocycles. The monoisotopic (exact) mass is 395 g/mol. The number of nitrogens with one attached hydrogen (secondary N) is 1. The Morgan fingerprint density at radius 3 is 2.76 bits per heavy atom. The first-order valence-electron chi connectivity index (χ1n) is 10.0. The van der Waals surface area contributed by atoms with Gasteiger partial charge in [0.05, 0.1) is 24.7 Å². The third-order valence-electron chi connectivity index (χ3n) is 5.69. The number of aromatic amines is 1. The van der Waals surface area contributed by atoms with Crippen LogP contribution in [-0.2, 0) is 6.54 Å². The number of hydrogen-bond donors (Lipinski definition) is 1. The highest BCUT2D eigenvalue weighted by Gasteiger charge is 2.27. The number of fused-ring (bicyclic) bond motifs is 1. The Bertz CT molecular complexity index is 1040. The summed E-state index contributed by atoms with van der Waals surface area (Å²) in [5.74, 6) is 1.53. The van der Waals surface area contributed by atoms with Gasteiger partial charge in [-0.1, -0.05) is 0 Å². The minimum atomic E-state index is -0.276. The van der Waals surface area contributed by atoms with E-state index in [4.69, 9.17) is 4.74 Å². The van der Waals surface area contributed by atoms with Crippen LogP contribution in [0.2, 0.25) is 0 Å². The number of Topliss-reactive ketones (excluding diaryl/α,β-unsaturated/α-hetero) is 1. The predicted molar refractivity (Wildman–Crippen MR) is 111 cm³/mol. The van der Waals surface area contributed by atoms with Crippen molar-refractivity contribution in [3.8, 4) is 5.75 Å². The molecule has 1 N–H and O–H groups in total. The molecule has 1 atom stereocenters. The second-order valence-corrected chi connectivity index (χ2v) is 7.93. The van der Waals surface area contributed by atoms with E-state index in [-0.39, 0.29) is 17.5 Å². The number of piperidine rings is 1. The van der Waals surface area contributed by atoms with Crippen LogP contribution >= 0.6 is 0 Å². The van der Waals surface area contributed by atoms with Crippen molar-refractivity contribution in [2.45, 2.75) is 33.2 Å². The molecule has 6 heteroatoms. The molecule has 29 heavy (non-hydrogen) atoms. The zero-order valence-corrected chi connectivity index (χ0v) is 17.1. The van der Waals surface area contributed by atoms with Gasteiger partial charge in [0.25, 0.3) is 0 Å². The molecule has 0 radical (unpaired) electrons. The number of rotatable bonds is 5. The molecule has 1 fully saturated rings. The van der Waals surface area contributed by atoms with Crippen molar-refractivity contribution in [3.05, 3.63) is 58.7 Å². The number of methoxy groups -OCH3 is 1. The van der Waals surface area contributed by atoms with Gasteiger partial charge in [-0.3, -0.25) is 9.69 Å². The SMILES string of the molecule is COc1c(C)cc(C(=O)C2CCCN(Cc3nc4ccc(F)cc4[nH]3)C2)cc1C. The Labute approximate surface area is 169 Å². The number of aromatic nitrogens is 2. The number of ketones is 1. The number of ether oxygens (including phenoxy) is 1. The molecular weight excluding hydrogens is 369 g/mol. The van der Waals surface area contributed by atoms with E-state index >= 15 is 0 Å². The topological polar surface area (TPSA) is 58.2 Å². The fraction of sp³-hybridized carbons (Fsp3) is 0.391. The summed E-state index contributed by atoms with van der Waals surface area (Å²) in [6.45, 7) is 6.20. The van der Waals surface area contributed by atoms with Crippen molar-refractivity contribution in [1.29, 1.82) is 0 Å². The van der Waals surface area contributed by atoms with E-state index in [1.54, 1.807) is 13.2 Å². The van der Waals surface area contributed by atoms with E-state index in [1.165, 1.54) is 12.1 Å². The number of likely N-dealkylation sites (tertiary alicyclic amines) is 1. The van der Waals surface area contributed by atoms with Gasteiger partial charge >= 0.3 is 0 Å². The largest absolute Gasteiger partial charge is 0.496 e. The number of H-pyrrole nitrogens is 1. The zero-order valence-electron chi connectivity index (χ0n) is 17.1. The van der Waals surface area contributed by atoms with E-state index in [1.807, 2.05) is 26.0 Å². The molecule has 0 aliphatic carbocycles. The van der Waals surface area contributed by atoms with Gasteiger partial charge in [0.2, 0.25) is 0 Å². The number of carbonyl (C=O) groups is 1. The maximum atomic E-state index is 13.4. The molecule has 5 nitrogen and oxygen atoms in total. The molecule has 3 aromatic rings. The van der Waals surface area contributed by atoms with Gasteiger partial charge in [-0.2, -0.15) is 0 Å². The van der Waals surface area contributed by atoms with Crippen molar-refractivity contribution < 1.29 is 13.9 Å². The minimum absolute atomic E-state index is 0.0298. The average molecular weight is 395 g/mol. The van der Waals surface area contributed by atoms with Crippen molar-refractivity contribution in [2.75, 3.05) is 20.2 Å². The third-order valence-corrected chi connectivity index (χ3v) is 5.69. The van der Waals surface area contributed by atoms with Crippen LogP contribution in [0.3, 0.4) is 0 Å². The van der Waals surface area contributed by atoms with Gasteiger partial charge in [-0.05, 0) is 74.7 Å². The van der Waals surface area contributed by atoms with Crippen LogP contribution in [-0.4, -0.2) is 40.9 Å². The second kappa shape index (κ2) is 7.95. The number of nitrogens with zero attached hydrogens (tertiary/aromatic N) is 2. The van der Waals surface area contributed by atoms with Gasteiger partial charge in [-0.25, -0.2) is 9.37 Å². The van der Waals surface area contributed by atoms with E-state index in [2.05, 4.69) is 14.9 Å². The first kappa shape index (κ1) is 19.6. The summed E-state index contributed by atoms with van der Waals surface area (Å²) >= 11 is 0. The summed E-state index contributed by atoms with van der Waals surface area (Å²) in [7, 11) is 1.66. The maximum Gasteiger partial charge on any atom is 0.167 e. The average Bonchev–Trinajstić information content (AvgIpc) is 3.08. The van der Waals surface area contributed by atoms with E-state index < -0.39 is 0 Å². The van der Waals surface area contributed by atoms with Gasteiger partial charge < -0.3 is 9.72 Å². The molecule has 1 aromatic heterocycles. The molecule has 0 bridgehead atoms. The molecule has 2 aromatic carbocycles. The molecule has 2 heterocycles. The minimum Gasteiger partial charge on any atom is -0.496 e. The Balaban J connectivity index is 1.48. The van der Waals surface area contributed by atoms with Gasteiger partial charge in [0.1, 0.15) is 17.4 Å². The van der Waals surface area contributed by atoms with Gasteiger partial charge in [0, 0.05) is 18.0 Å². The molecular formula is C23H26FN3O2. The molecule has 0 amide bonds. The van der Waals surface area contributed by atoms with Crippen LogP contribution in [0.25, 0.3) is 11.0 Å². The highest BCUT2D eigenvalue weighted by molar-refractivity contribution is 5.98. The van der Waals surface area contributed by atoms with Crippen molar-refractivity contribution in [2.24, 2.45) is 5.92 Å². The molecule has 1 aliphatic rings. The lowest BCUT2D eigenvalue weighted by Crippen LogP contribution is -2.38. The molecule has 0 saturated carbocycles. The molecule has 152 valence electrons. The molecule has 1 aliphatic heterocycles. The summed E-state index contributed by atoms with van der Waals surface area (Å²) in [6, 6.07) is 8.42. The normalized spacial score (nSPS) is 17.6. The Kier molecular flexibility index (Phi) is 5.37. The van der Waals surface area contributed by atoms with Crippen LogP contribution in [0.15, 0.2) is 30.3 Å². The lowest BCUT2D eigenvalue weighted by atomic mass is 9.88. The predicted octanol–water partition coefficient (Wildman–Crippen LogP) is 4.42. The Morgan fingerprint density at radius 1 is 1.28 bits per heavy atom. The summed E-state index contributed by atoms with van der Waals surface area (Å²) < 4.78 is 18.8. The number of hydrogen-bond acceptors (Lipinski definition) is 4. The van der Waals surface area contributed by atoms with Crippen LogP contribution in [0.5, 0.6) is 5.75 Å². The fourth-order valence-corrected chi connectivity index (χ4v) is 4.38.